The van der Waals surface area contributed by atoms with Crippen LogP contribution in [0.2, 0.25) is 0 Å². The number of pyridine rings is 1. The van der Waals surface area contributed by atoms with Gasteiger partial charge in [0.05, 0.1) is 0 Å². The summed E-state index contributed by atoms with van der Waals surface area (Å²) in [6.07, 6.45) is 7.05. The summed E-state index contributed by atoms with van der Waals surface area (Å²) in [5.41, 5.74) is 4.05. The minimum absolute atomic E-state index is 0.0286. The molecule has 0 aliphatic rings. The Bertz CT molecular complexity index is 792. The second kappa shape index (κ2) is 6.43. The third kappa shape index (κ3) is 2.86. The molecule has 1 amide bonds. The fourth-order valence-electron chi connectivity index (χ4n) is 2.67. The fraction of sp³-hybridized carbons (Fsp3) is 0.222. The molecule has 0 saturated heterocycles. The first-order valence-corrected chi connectivity index (χ1v) is 7.55. The molecule has 4 nitrogen and oxygen atoms in total. The van der Waals surface area contributed by atoms with Gasteiger partial charge in [0, 0.05) is 41.6 Å². The summed E-state index contributed by atoms with van der Waals surface area (Å²) in [5.74, 6) is -0.0286. The van der Waals surface area contributed by atoms with Gasteiger partial charge in [0.25, 0.3) is 5.91 Å². The summed E-state index contributed by atoms with van der Waals surface area (Å²) in [6, 6.07) is 9.98. The molecule has 2 aromatic heterocycles. The molecule has 0 bridgehead atoms. The molecule has 0 aliphatic heterocycles. The fourth-order valence-corrected chi connectivity index (χ4v) is 2.67. The zero-order valence-electron chi connectivity index (χ0n) is 12.6. The Kier molecular flexibility index (Phi) is 4.19. The van der Waals surface area contributed by atoms with Crippen molar-refractivity contribution in [2.45, 2.75) is 19.8 Å². The van der Waals surface area contributed by atoms with Crippen molar-refractivity contribution >= 4 is 16.8 Å². The highest BCUT2D eigenvalue weighted by Gasteiger charge is 2.10. The van der Waals surface area contributed by atoms with Crippen LogP contribution in [0, 0.1) is 0 Å². The molecule has 0 radical (unpaired) electrons. The lowest BCUT2D eigenvalue weighted by molar-refractivity contribution is 0.0953. The average molecular weight is 293 g/mol. The number of aryl methyl sites for hydroxylation is 1. The number of aromatic amines is 1. The van der Waals surface area contributed by atoms with Gasteiger partial charge in [0.15, 0.2) is 0 Å². The molecule has 0 fully saturated rings. The minimum atomic E-state index is -0.0286. The number of benzene rings is 1. The van der Waals surface area contributed by atoms with Gasteiger partial charge in [-0.3, -0.25) is 9.78 Å². The monoisotopic (exact) mass is 293 g/mol. The Balaban J connectivity index is 1.64. The van der Waals surface area contributed by atoms with Crippen molar-refractivity contribution < 1.29 is 4.79 Å². The normalized spacial score (nSPS) is 10.8. The van der Waals surface area contributed by atoms with E-state index in [2.05, 4.69) is 27.4 Å². The van der Waals surface area contributed by atoms with E-state index in [0.29, 0.717) is 6.54 Å². The van der Waals surface area contributed by atoms with Crippen molar-refractivity contribution in [1.29, 1.82) is 0 Å². The number of para-hydroxylation sites is 1. The standard InChI is InChI=1S/C18H19N3O/c1-2-13-11-19-9-8-16(13)18(22)20-10-7-14-12-21-17-6-4-3-5-15(14)17/h3-6,8-9,11-12,21H,2,7,10H2,1H3,(H,20,22). The third-order valence-electron chi connectivity index (χ3n) is 3.88. The maximum atomic E-state index is 12.3. The molecule has 3 aromatic rings. The number of H-pyrrole nitrogens is 1. The highest BCUT2D eigenvalue weighted by atomic mass is 16.1. The Labute approximate surface area is 129 Å². The second-order valence-corrected chi connectivity index (χ2v) is 5.25. The van der Waals surface area contributed by atoms with Gasteiger partial charge < -0.3 is 10.3 Å². The van der Waals surface area contributed by atoms with Gasteiger partial charge in [0.1, 0.15) is 0 Å². The van der Waals surface area contributed by atoms with Crippen LogP contribution in [0.5, 0.6) is 0 Å². The molecule has 0 saturated carbocycles. The molecule has 2 heterocycles. The number of carbonyl (C=O) groups is 1. The first-order chi connectivity index (χ1) is 10.8. The molecule has 1 aromatic carbocycles. The number of carbonyl (C=O) groups excluding carboxylic acids is 1. The Morgan fingerprint density at radius 3 is 2.95 bits per heavy atom. The summed E-state index contributed by atoms with van der Waals surface area (Å²) in [7, 11) is 0. The van der Waals surface area contributed by atoms with E-state index in [0.717, 1.165) is 29.5 Å². The van der Waals surface area contributed by atoms with Gasteiger partial charge in [-0.05, 0) is 36.1 Å². The number of nitrogens with one attached hydrogen (secondary N) is 2. The lowest BCUT2D eigenvalue weighted by Crippen LogP contribution is -2.26. The highest BCUT2D eigenvalue weighted by Crippen LogP contribution is 2.17. The lowest BCUT2D eigenvalue weighted by Gasteiger charge is -2.08. The van der Waals surface area contributed by atoms with Crippen LogP contribution in [0.4, 0.5) is 0 Å². The van der Waals surface area contributed by atoms with Gasteiger partial charge in [-0.15, -0.1) is 0 Å². The van der Waals surface area contributed by atoms with Crippen LogP contribution >= 0.6 is 0 Å². The van der Waals surface area contributed by atoms with Crippen molar-refractivity contribution in [3.8, 4) is 0 Å². The van der Waals surface area contributed by atoms with E-state index < -0.39 is 0 Å². The van der Waals surface area contributed by atoms with E-state index in [4.69, 9.17) is 0 Å². The zero-order chi connectivity index (χ0) is 15.4. The molecule has 3 rings (SSSR count). The van der Waals surface area contributed by atoms with Crippen LogP contribution in [-0.4, -0.2) is 22.4 Å². The van der Waals surface area contributed by atoms with E-state index in [9.17, 15) is 4.79 Å². The van der Waals surface area contributed by atoms with Crippen LogP contribution in [0.25, 0.3) is 10.9 Å². The number of fused-ring (bicyclic) bond motifs is 1. The van der Waals surface area contributed by atoms with E-state index in [1.54, 1.807) is 18.5 Å². The van der Waals surface area contributed by atoms with Gasteiger partial charge in [-0.2, -0.15) is 0 Å². The van der Waals surface area contributed by atoms with Gasteiger partial charge in [-0.1, -0.05) is 25.1 Å². The molecular weight excluding hydrogens is 274 g/mol. The molecule has 0 atom stereocenters. The minimum Gasteiger partial charge on any atom is -0.361 e. The quantitative estimate of drug-likeness (QED) is 0.759. The maximum absolute atomic E-state index is 12.3. The van der Waals surface area contributed by atoms with Crippen LogP contribution in [-0.2, 0) is 12.8 Å². The molecule has 0 unspecified atom stereocenters. The molecule has 0 aliphatic carbocycles. The van der Waals surface area contributed by atoms with Gasteiger partial charge >= 0.3 is 0 Å². The third-order valence-corrected chi connectivity index (χ3v) is 3.88. The van der Waals surface area contributed by atoms with Crippen molar-refractivity contribution in [3.05, 3.63) is 65.6 Å². The van der Waals surface area contributed by atoms with Gasteiger partial charge in [-0.25, -0.2) is 0 Å². The topological polar surface area (TPSA) is 57.8 Å². The summed E-state index contributed by atoms with van der Waals surface area (Å²) in [4.78, 5) is 19.6. The first kappa shape index (κ1) is 14.3. The second-order valence-electron chi connectivity index (χ2n) is 5.25. The molecular formula is C18H19N3O. The van der Waals surface area contributed by atoms with Crippen molar-refractivity contribution in [1.82, 2.24) is 15.3 Å². The predicted octanol–water partition coefficient (Wildman–Crippen LogP) is 3.10. The molecule has 2 N–H and O–H groups in total. The molecule has 0 spiro atoms. The summed E-state index contributed by atoms with van der Waals surface area (Å²) >= 11 is 0. The number of hydrogen-bond acceptors (Lipinski definition) is 2. The van der Waals surface area contributed by atoms with Crippen LogP contribution in [0.1, 0.15) is 28.4 Å². The number of aromatic nitrogens is 2. The Morgan fingerprint density at radius 1 is 1.23 bits per heavy atom. The predicted molar refractivity (Wildman–Crippen MR) is 88.0 cm³/mol. The van der Waals surface area contributed by atoms with Crippen LogP contribution in [0.3, 0.4) is 0 Å². The SMILES string of the molecule is CCc1cnccc1C(=O)NCCc1c[nH]c2ccccc12. The van der Waals surface area contributed by atoms with E-state index in [1.165, 1.54) is 10.9 Å². The molecule has 4 heteroatoms. The van der Waals surface area contributed by atoms with Crippen molar-refractivity contribution in [2.75, 3.05) is 6.54 Å². The lowest BCUT2D eigenvalue weighted by atomic mass is 10.1. The average Bonchev–Trinajstić information content (AvgIpc) is 2.98. The first-order valence-electron chi connectivity index (χ1n) is 7.55. The van der Waals surface area contributed by atoms with Crippen LogP contribution in [0.15, 0.2) is 48.9 Å². The number of amides is 1. The van der Waals surface area contributed by atoms with Gasteiger partial charge in [0.2, 0.25) is 0 Å². The van der Waals surface area contributed by atoms with E-state index >= 15 is 0 Å². The summed E-state index contributed by atoms with van der Waals surface area (Å²) in [5, 5.41) is 4.21. The number of nitrogens with zero attached hydrogens (tertiary/aromatic N) is 1. The smallest absolute Gasteiger partial charge is 0.251 e. The molecule has 22 heavy (non-hydrogen) atoms. The Morgan fingerprint density at radius 2 is 2.09 bits per heavy atom. The zero-order valence-corrected chi connectivity index (χ0v) is 12.6. The van der Waals surface area contributed by atoms with Crippen molar-refractivity contribution in [2.24, 2.45) is 0 Å². The largest absolute Gasteiger partial charge is 0.361 e. The summed E-state index contributed by atoms with van der Waals surface area (Å²) < 4.78 is 0. The highest BCUT2D eigenvalue weighted by molar-refractivity contribution is 5.95. The van der Waals surface area contributed by atoms with Crippen LogP contribution < -0.4 is 5.32 Å². The Hall–Kier alpha value is -2.62. The summed E-state index contributed by atoms with van der Waals surface area (Å²) in [6.45, 7) is 2.64. The molecule has 112 valence electrons. The van der Waals surface area contributed by atoms with E-state index in [-0.39, 0.29) is 5.91 Å². The van der Waals surface area contributed by atoms with Crippen molar-refractivity contribution in [3.63, 3.8) is 0 Å². The number of hydrogen-bond donors (Lipinski definition) is 2. The van der Waals surface area contributed by atoms with E-state index in [1.807, 2.05) is 25.3 Å². The number of rotatable bonds is 5. The maximum Gasteiger partial charge on any atom is 0.251 e.